The Bertz CT molecular complexity index is 908. The lowest BCUT2D eigenvalue weighted by Gasteiger charge is -2.21. The van der Waals surface area contributed by atoms with Gasteiger partial charge in [-0.1, -0.05) is 19.1 Å². The van der Waals surface area contributed by atoms with Gasteiger partial charge in [0.2, 0.25) is 10.0 Å². The molecule has 1 N–H and O–H groups in total. The van der Waals surface area contributed by atoms with Gasteiger partial charge in [-0.25, -0.2) is 8.42 Å². The summed E-state index contributed by atoms with van der Waals surface area (Å²) in [7, 11) is -0.247. The summed E-state index contributed by atoms with van der Waals surface area (Å²) >= 11 is 0. The average molecular weight is 391 g/mol. The molecule has 1 atom stereocenters. The Labute approximate surface area is 161 Å². The van der Waals surface area contributed by atoms with Crippen molar-refractivity contribution in [3.63, 3.8) is 0 Å². The van der Waals surface area contributed by atoms with Crippen molar-refractivity contribution in [1.82, 2.24) is 5.32 Å². The van der Waals surface area contributed by atoms with E-state index in [0.717, 1.165) is 24.0 Å². The lowest BCUT2D eigenvalue weighted by atomic mass is 10.0. The van der Waals surface area contributed by atoms with Crippen LogP contribution in [-0.4, -0.2) is 34.7 Å². The van der Waals surface area contributed by atoms with Crippen LogP contribution in [0.1, 0.15) is 40.9 Å². The highest BCUT2D eigenvalue weighted by Gasteiger charge is 2.18. The number of methoxy groups -OCH3 is 1. The molecule has 0 aliphatic carbocycles. The van der Waals surface area contributed by atoms with Crippen molar-refractivity contribution < 1.29 is 17.9 Å². The van der Waals surface area contributed by atoms with Crippen LogP contribution >= 0.6 is 0 Å². The summed E-state index contributed by atoms with van der Waals surface area (Å²) in [5.41, 5.74) is 2.76. The number of nitrogens with one attached hydrogen (secondary N) is 1. The Morgan fingerprint density at radius 2 is 1.81 bits per heavy atom. The molecule has 0 radical (unpaired) electrons. The van der Waals surface area contributed by atoms with E-state index in [9.17, 15) is 13.2 Å². The first-order chi connectivity index (χ1) is 12.7. The molecule has 2 aromatic carbocycles. The molecule has 146 valence electrons. The van der Waals surface area contributed by atoms with Crippen molar-refractivity contribution in [2.75, 3.05) is 24.7 Å². The third-order valence-corrected chi connectivity index (χ3v) is 5.72. The number of carbonyl (C=O) groups is 1. The van der Waals surface area contributed by atoms with Crippen LogP contribution < -0.4 is 14.4 Å². The van der Waals surface area contributed by atoms with E-state index in [1.165, 1.54) is 11.4 Å². The number of ether oxygens (including phenoxy) is 1. The predicted molar refractivity (Wildman–Crippen MR) is 108 cm³/mol. The summed E-state index contributed by atoms with van der Waals surface area (Å²) < 4.78 is 29.8. The Balaban J connectivity index is 2.20. The van der Waals surface area contributed by atoms with E-state index >= 15 is 0 Å². The Morgan fingerprint density at radius 1 is 1.19 bits per heavy atom. The van der Waals surface area contributed by atoms with Crippen LogP contribution in [-0.2, 0) is 10.0 Å². The second kappa shape index (κ2) is 8.43. The Kier molecular flexibility index (Phi) is 6.49. The van der Waals surface area contributed by atoms with E-state index in [-0.39, 0.29) is 11.9 Å². The molecule has 0 aliphatic rings. The predicted octanol–water partition coefficient (Wildman–Crippen LogP) is 3.28. The number of benzene rings is 2. The van der Waals surface area contributed by atoms with E-state index < -0.39 is 10.0 Å². The van der Waals surface area contributed by atoms with Crippen LogP contribution in [0.3, 0.4) is 0 Å². The molecule has 0 unspecified atom stereocenters. The van der Waals surface area contributed by atoms with Gasteiger partial charge in [0.15, 0.2) is 0 Å². The molecule has 0 saturated heterocycles. The minimum Gasteiger partial charge on any atom is -0.497 e. The fourth-order valence-electron chi connectivity index (χ4n) is 2.83. The second-order valence-electron chi connectivity index (χ2n) is 6.44. The summed E-state index contributed by atoms with van der Waals surface area (Å²) in [4.78, 5) is 12.7. The Hall–Kier alpha value is -2.54. The topological polar surface area (TPSA) is 75.7 Å². The van der Waals surface area contributed by atoms with Gasteiger partial charge in [-0.05, 0) is 54.8 Å². The quantitative estimate of drug-likeness (QED) is 0.787. The summed E-state index contributed by atoms with van der Waals surface area (Å²) in [5.74, 6) is 0.565. The minimum atomic E-state index is -3.35. The molecule has 2 aromatic rings. The second-order valence-corrected chi connectivity index (χ2v) is 8.45. The van der Waals surface area contributed by atoms with E-state index in [0.29, 0.717) is 16.8 Å². The van der Waals surface area contributed by atoms with Gasteiger partial charge in [0.05, 0.1) is 25.1 Å². The molecule has 0 fully saturated rings. The smallest absolute Gasteiger partial charge is 0.251 e. The van der Waals surface area contributed by atoms with Crippen LogP contribution in [0.2, 0.25) is 0 Å². The zero-order valence-electron chi connectivity index (χ0n) is 16.3. The Morgan fingerprint density at radius 3 is 2.30 bits per heavy atom. The maximum absolute atomic E-state index is 12.7. The van der Waals surface area contributed by atoms with Crippen molar-refractivity contribution in [2.45, 2.75) is 26.3 Å². The lowest BCUT2D eigenvalue weighted by Crippen LogP contribution is -2.29. The van der Waals surface area contributed by atoms with Crippen LogP contribution in [0.4, 0.5) is 5.69 Å². The zero-order chi connectivity index (χ0) is 20.2. The van der Waals surface area contributed by atoms with Gasteiger partial charge in [0.25, 0.3) is 5.91 Å². The number of anilines is 1. The number of hydrogen-bond acceptors (Lipinski definition) is 4. The highest BCUT2D eigenvalue weighted by molar-refractivity contribution is 7.92. The molecule has 7 heteroatoms. The highest BCUT2D eigenvalue weighted by atomic mass is 32.2. The van der Waals surface area contributed by atoms with Crippen molar-refractivity contribution in [2.24, 2.45) is 0 Å². The summed E-state index contributed by atoms with van der Waals surface area (Å²) in [5, 5.41) is 3.03. The average Bonchev–Trinajstić information content (AvgIpc) is 2.64. The number of aryl methyl sites for hydroxylation is 1. The van der Waals surface area contributed by atoms with Crippen molar-refractivity contribution in [3.8, 4) is 5.75 Å². The first-order valence-electron chi connectivity index (χ1n) is 8.66. The molecule has 27 heavy (non-hydrogen) atoms. The molecule has 2 rings (SSSR count). The summed E-state index contributed by atoms with van der Waals surface area (Å²) in [6.45, 7) is 3.79. The fraction of sp³-hybridized carbons (Fsp3) is 0.350. The van der Waals surface area contributed by atoms with Crippen LogP contribution in [0, 0.1) is 6.92 Å². The maximum Gasteiger partial charge on any atom is 0.251 e. The van der Waals surface area contributed by atoms with Crippen LogP contribution in [0.5, 0.6) is 5.75 Å². The molecular weight excluding hydrogens is 364 g/mol. The number of nitrogens with zero attached hydrogens (tertiary/aromatic N) is 1. The molecular formula is C20H26N2O4S. The molecule has 0 saturated carbocycles. The maximum atomic E-state index is 12.7. The van der Waals surface area contributed by atoms with Gasteiger partial charge in [-0.2, -0.15) is 0 Å². The molecule has 1 amide bonds. The number of carbonyl (C=O) groups excluding carboxylic acids is 1. The summed E-state index contributed by atoms with van der Waals surface area (Å²) in [6.07, 6.45) is 1.89. The SMILES string of the molecule is CC[C@@H](NC(=O)c1ccc(N(C)S(C)(=O)=O)c(C)c1)c1ccc(OC)cc1. The van der Waals surface area contributed by atoms with Gasteiger partial charge < -0.3 is 10.1 Å². The zero-order valence-corrected chi connectivity index (χ0v) is 17.1. The fourth-order valence-corrected chi connectivity index (χ4v) is 3.39. The molecule has 0 heterocycles. The first kappa shape index (κ1) is 20.8. The third-order valence-electron chi connectivity index (χ3n) is 4.53. The van der Waals surface area contributed by atoms with Crippen LogP contribution in [0.25, 0.3) is 0 Å². The number of amides is 1. The van der Waals surface area contributed by atoms with Gasteiger partial charge in [-0.15, -0.1) is 0 Å². The number of rotatable bonds is 7. The standard InChI is InChI=1S/C20H26N2O4S/c1-6-18(15-7-10-17(26-4)11-8-15)21-20(23)16-9-12-19(14(2)13-16)22(3)27(5,24)25/h7-13,18H,6H2,1-5H3,(H,21,23)/t18-/m1/s1. The monoisotopic (exact) mass is 390 g/mol. The van der Waals surface area contributed by atoms with E-state index in [1.54, 1.807) is 32.2 Å². The lowest BCUT2D eigenvalue weighted by molar-refractivity contribution is 0.0935. The van der Waals surface area contributed by atoms with Crippen molar-refractivity contribution in [3.05, 3.63) is 59.2 Å². The molecule has 6 nitrogen and oxygen atoms in total. The largest absolute Gasteiger partial charge is 0.497 e. The van der Waals surface area contributed by atoms with Crippen molar-refractivity contribution >= 4 is 21.6 Å². The molecule has 0 bridgehead atoms. The van der Waals surface area contributed by atoms with E-state index in [2.05, 4.69) is 5.32 Å². The van der Waals surface area contributed by atoms with Gasteiger partial charge in [-0.3, -0.25) is 9.10 Å². The summed E-state index contributed by atoms with van der Waals surface area (Å²) in [6, 6.07) is 12.5. The van der Waals surface area contributed by atoms with E-state index in [1.807, 2.05) is 31.2 Å². The van der Waals surface area contributed by atoms with Crippen molar-refractivity contribution in [1.29, 1.82) is 0 Å². The minimum absolute atomic E-state index is 0.123. The van der Waals surface area contributed by atoms with E-state index in [4.69, 9.17) is 4.74 Å². The number of sulfonamides is 1. The highest BCUT2D eigenvalue weighted by Crippen LogP contribution is 2.24. The van der Waals surface area contributed by atoms with Gasteiger partial charge >= 0.3 is 0 Å². The number of hydrogen-bond donors (Lipinski definition) is 1. The normalized spacial score (nSPS) is 12.3. The molecule has 0 spiro atoms. The van der Waals surface area contributed by atoms with Gasteiger partial charge in [0.1, 0.15) is 5.75 Å². The van der Waals surface area contributed by atoms with Gasteiger partial charge in [0, 0.05) is 12.6 Å². The molecule has 0 aliphatic heterocycles. The van der Waals surface area contributed by atoms with Crippen LogP contribution in [0.15, 0.2) is 42.5 Å². The third kappa shape index (κ3) is 5.01. The first-order valence-corrected chi connectivity index (χ1v) is 10.5. The molecule has 0 aromatic heterocycles.